The Balaban J connectivity index is 1.68. The topological polar surface area (TPSA) is 35.5 Å². The second kappa shape index (κ2) is 7.37. The van der Waals surface area contributed by atoms with E-state index in [0.717, 1.165) is 38.0 Å². The molecule has 0 aromatic rings. The van der Waals surface area contributed by atoms with Crippen LogP contribution in [0.1, 0.15) is 44.9 Å². The summed E-state index contributed by atoms with van der Waals surface area (Å²) in [7, 11) is 1.45. The Labute approximate surface area is 115 Å². The van der Waals surface area contributed by atoms with E-state index in [-0.39, 0.29) is 5.97 Å². The van der Waals surface area contributed by atoms with Crippen molar-refractivity contribution in [3.8, 4) is 0 Å². The standard InChI is InChI=1S/C16H24O3/c1-18-16(17)11-13-7-9-15(10-8-13)19-12-14-5-3-2-4-6-14/h2-3,9,13-14H,4-8,10-12H2,1H3. The number of hydrogen-bond acceptors (Lipinski definition) is 3. The number of ether oxygens (including phenoxy) is 2. The maximum Gasteiger partial charge on any atom is 0.305 e. The summed E-state index contributed by atoms with van der Waals surface area (Å²) >= 11 is 0. The van der Waals surface area contributed by atoms with Crippen LogP contribution in [-0.2, 0) is 14.3 Å². The van der Waals surface area contributed by atoms with Crippen molar-refractivity contribution >= 4 is 5.97 Å². The predicted molar refractivity (Wildman–Crippen MR) is 74.5 cm³/mol. The van der Waals surface area contributed by atoms with E-state index in [4.69, 9.17) is 9.47 Å². The number of methoxy groups -OCH3 is 1. The van der Waals surface area contributed by atoms with Gasteiger partial charge >= 0.3 is 5.97 Å². The minimum atomic E-state index is -0.100. The van der Waals surface area contributed by atoms with Crippen LogP contribution in [0.25, 0.3) is 0 Å². The van der Waals surface area contributed by atoms with E-state index in [1.54, 1.807) is 0 Å². The summed E-state index contributed by atoms with van der Waals surface area (Å²) in [4.78, 5) is 11.2. The van der Waals surface area contributed by atoms with E-state index >= 15 is 0 Å². The van der Waals surface area contributed by atoms with Gasteiger partial charge in [0.2, 0.25) is 0 Å². The summed E-state index contributed by atoms with van der Waals surface area (Å²) in [6, 6.07) is 0. The molecule has 0 spiro atoms. The van der Waals surface area contributed by atoms with Crippen LogP contribution < -0.4 is 0 Å². The molecule has 0 saturated heterocycles. The van der Waals surface area contributed by atoms with E-state index in [2.05, 4.69) is 18.2 Å². The monoisotopic (exact) mass is 264 g/mol. The maximum atomic E-state index is 11.2. The first-order chi connectivity index (χ1) is 9.28. The Hall–Kier alpha value is -1.25. The van der Waals surface area contributed by atoms with Gasteiger partial charge in [-0.1, -0.05) is 12.2 Å². The number of carbonyl (C=O) groups excluding carboxylic acids is 1. The lowest BCUT2D eigenvalue weighted by atomic mass is 9.90. The fourth-order valence-electron chi connectivity index (χ4n) is 2.73. The van der Waals surface area contributed by atoms with Gasteiger partial charge in [0, 0.05) is 12.8 Å². The van der Waals surface area contributed by atoms with Crippen LogP contribution in [0, 0.1) is 11.8 Å². The number of esters is 1. The van der Waals surface area contributed by atoms with Crippen molar-refractivity contribution in [2.24, 2.45) is 11.8 Å². The SMILES string of the molecule is COC(=O)CC1CC=C(OCC2CC=CCC2)CC1. The number of carbonyl (C=O) groups is 1. The van der Waals surface area contributed by atoms with Crippen molar-refractivity contribution in [2.75, 3.05) is 13.7 Å². The average molecular weight is 264 g/mol. The number of rotatable bonds is 5. The lowest BCUT2D eigenvalue weighted by Gasteiger charge is -2.24. The summed E-state index contributed by atoms with van der Waals surface area (Å²) in [5, 5.41) is 0. The quantitative estimate of drug-likeness (QED) is 0.562. The Morgan fingerprint density at radius 3 is 2.79 bits per heavy atom. The molecule has 0 amide bonds. The highest BCUT2D eigenvalue weighted by molar-refractivity contribution is 5.69. The third-order valence-corrected chi connectivity index (χ3v) is 4.04. The molecule has 0 bridgehead atoms. The lowest BCUT2D eigenvalue weighted by Crippen LogP contribution is -2.15. The smallest absolute Gasteiger partial charge is 0.305 e. The fraction of sp³-hybridized carbons (Fsp3) is 0.688. The predicted octanol–water partition coefficient (Wildman–Crippen LogP) is 3.61. The molecule has 2 rings (SSSR count). The molecule has 2 atom stereocenters. The molecule has 3 nitrogen and oxygen atoms in total. The van der Waals surface area contributed by atoms with Crippen molar-refractivity contribution in [3.05, 3.63) is 24.0 Å². The van der Waals surface area contributed by atoms with Crippen LogP contribution in [0.4, 0.5) is 0 Å². The molecule has 0 aromatic heterocycles. The van der Waals surface area contributed by atoms with E-state index in [1.165, 1.54) is 20.0 Å². The molecule has 0 radical (unpaired) electrons. The number of allylic oxidation sites excluding steroid dienone is 4. The van der Waals surface area contributed by atoms with Gasteiger partial charge in [-0.15, -0.1) is 0 Å². The van der Waals surface area contributed by atoms with E-state index in [0.29, 0.717) is 18.3 Å². The van der Waals surface area contributed by atoms with Crippen molar-refractivity contribution in [1.82, 2.24) is 0 Å². The normalized spacial score (nSPS) is 26.7. The minimum Gasteiger partial charge on any atom is -0.498 e. The van der Waals surface area contributed by atoms with Crippen LogP contribution >= 0.6 is 0 Å². The third kappa shape index (κ3) is 4.73. The molecule has 0 saturated carbocycles. The van der Waals surface area contributed by atoms with Crippen LogP contribution in [-0.4, -0.2) is 19.7 Å². The van der Waals surface area contributed by atoms with Gasteiger partial charge in [-0.3, -0.25) is 4.79 Å². The summed E-state index contributed by atoms with van der Waals surface area (Å²) in [6.45, 7) is 0.845. The van der Waals surface area contributed by atoms with Crippen molar-refractivity contribution in [3.63, 3.8) is 0 Å². The van der Waals surface area contributed by atoms with Crippen molar-refractivity contribution in [2.45, 2.75) is 44.9 Å². The average Bonchev–Trinajstić information content (AvgIpc) is 2.47. The second-order valence-corrected chi connectivity index (χ2v) is 5.55. The van der Waals surface area contributed by atoms with Gasteiger partial charge in [0.1, 0.15) is 0 Å². The molecule has 0 aliphatic heterocycles. The van der Waals surface area contributed by atoms with Gasteiger partial charge in [-0.05, 0) is 50.0 Å². The van der Waals surface area contributed by atoms with Gasteiger partial charge in [0.15, 0.2) is 0 Å². The van der Waals surface area contributed by atoms with Gasteiger partial charge in [0.05, 0.1) is 19.5 Å². The Bertz CT molecular complexity index is 357. The molecule has 0 N–H and O–H groups in total. The van der Waals surface area contributed by atoms with Gasteiger partial charge in [-0.2, -0.15) is 0 Å². The Morgan fingerprint density at radius 2 is 2.16 bits per heavy atom. The first kappa shape index (κ1) is 14.2. The largest absolute Gasteiger partial charge is 0.498 e. The zero-order valence-corrected chi connectivity index (χ0v) is 11.8. The highest BCUT2D eigenvalue weighted by Gasteiger charge is 2.19. The molecular weight excluding hydrogens is 240 g/mol. The van der Waals surface area contributed by atoms with Crippen LogP contribution in [0.3, 0.4) is 0 Å². The zero-order valence-electron chi connectivity index (χ0n) is 11.8. The van der Waals surface area contributed by atoms with E-state index in [1.807, 2.05) is 0 Å². The Kier molecular flexibility index (Phi) is 5.49. The first-order valence-electron chi connectivity index (χ1n) is 7.31. The van der Waals surface area contributed by atoms with Crippen LogP contribution in [0.15, 0.2) is 24.0 Å². The molecular formula is C16H24O3. The van der Waals surface area contributed by atoms with Crippen molar-refractivity contribution in [1.29, 1.82) is 0 Å². The van der Waals surface area contributed by atoms with Gasteiger partial charge in [-0.25, -0.2) is 0 Å². The molecule has 3 heteroatoms. The molecule has 19 heavy (non-hydrogen) atoms. The highest BCUT2D eigenvalue weighted by Crippen LogP contribution is 2.28. The molecule has 0 aromatic carbocycles. The molecule has 2 aliphatic rings. The van der Waals surface area contributed by atoms with Gasteiger partial charge in [0.25, 0.3) is 0 Å². The highest BCUT2D eigenvalue weighted by atomic mass is 16.5. The van der Waals surface area contributed by atoms with Gasteiger partial charge < -0.3 is 9.47 Å². The van der Waals surface area contributed by atoms with Crippen molar-refractivity contribution < 1.29 is 14.3 Å². The fourth-order valence-corrected chi connectivity index (χ4v) is 2.73. The molecule has 2 unspecified atom stereocenters. The molecule has 0 heterocycles. The second-order valence-electron chi connectivity index (χ2n) is 5.55. The van der Waals surface area contributed by atoms with E-state index < -0.39 is 0 Å². The zero-order chi connectivity index (χ0) is 13.5. The third-order valence-electron chi connectivity index (χ3n) is 4.04. The van der Waals surface area contributed by atoms with Crippen LogP contribution in [0.2, 0.25) is 0 Å². The summed E-state index contributed by atoms with van der Waals surface area (Å²) in [5.74, 6) is 2.13. The first-order valence-corrected chi connectivity index (χ1v) is 7.31. The van der Waals surface area contributed by atoms with Crippen LogP contribution in [0.5, 0.6) is 0 Å². The molecule has 106 valence electrons. The molecule has 0 fully saturated rings. The minimum absolute atomic E-state index is 0.100. The maximum absolute atomic E-state index is 11.2. The van der Waals surface area contributed by atoms with E-state index in [9.17, 15) is 4.79 Å². The summed E-state index contributed by atoms with van der Waals surface area (Å²) in [6.07, 6.45) is 13.7. The Morgan fingerprint density at radius 1 is 1.26 bits per heavy atom. The summed E-state index contributed by atoms with van der Waals surface area (Å²) < 4.78 is 10.6. The molecule has 2 aliphatic carbocycles. The lowest BCUT2D eigenvalue weighted by molar-refractivity contribution is -0.141. The summed E-state index contributed by atoms with van der Waals surface area (Å²) in [5.41, 5.74) is 0. The number of hydrogen-bond donors (Lipinski definition) is 0.